The predicted octanol–water partition coefficient (Wildman–Crippen LogP) is -0.233. The molecule has 1 N–H and O–H groups in total. The van der Waals surface area contributed by atoms with Crippen LogP contribution in [0.1, 0.15) is 6.42 Å². The first kappa shape index (κ1) is 6.16. The van der Waals surface area contributed by atoms with Gasteiger partial charge in [-0.1, -0.05) is 0 Å². The Morgan fingerprint density at radius 3 is 2.90 bits per heavy atom. The minimum atomic E-state index is -0.0926. The van der Waals surface area contributed by atoms with Gasteiger partial charge in [0.1, 0.15) is 6.04 Å². The van der Waals surface area contributed by atoms with Gasteiger partial charge in [-0.15, -0.1) is 0 Å². The predicted molar refractivity (Wildman–Crippen MR) is 35.4 cm³/mol. The van der Waals surface area contributed by atoms with Gasteiger partial charge in [0.15, 0.2) is 0 Å². The third-order valence-electron chi connectivity index (χ3n) is 2.46. The molecule has 1 saturated carbocycles. The number of rotatable bonds is 1. The summed E-state index contributed by atoms with van der Waals surface area (Å²) < 4.78 is 4.63. The average molecular weight is 141 g/mol. The molecule has 3 atom stereocenters. The van der Waals surface area contributed by atoms with E-state index in [-0.39, 0.29) is 12.0 Å². The summed E-state index contributed by atoms with van der Waals surface area (Å²) in [5.41, 5.74) is 0. The quantitative estimate of drug-likeness (QED) is 0.512. The van der Waals surface area contributed by atoms with Crippen molar-refractivity contribution in [2.75, 3.05) is 13.7 Å². The molecule has 10 heavy (non-hydrogen) atoms. The Hall–Kier alpha value is -0.570. The van der Waals surface area contributed by atoms with Gasteiger partial charge in [0.25, 0.3) is 0 Å². The Bertz CT molecular complexity index is 169. The van der Waals surface area contributed by atoms with Crippen LogP contribution in [0.15, 0.2) is 0 Å². The molecule has 2 rings (SSSR count). The van der Waals surface area contributed by atoms with Crippen LogP contribution in [-0.4, -0.2) is 25.7 Å². The van der Waals surface area contributed by atoms with E-state index >= 15 is 0 Å². The standard InChI is InChI=1S/C7H11NO2/c1-10-7(9)6-5-2-4(5)3-8-6/h4-6,8H,2-3H2,1H3/t4-,5+,6-/m0/s1. The van der Waals surface area contributed by atoms with E-state index in [4.69, 9.17) is 0 Å². The number of carbonyl (C=O) groups excluding carboxylic acids is 1. The molecule has 1 aliphatic heterocycles. The number of methoxy groups -OCH3 is 1. The van der Waals surface area contributed by atoms with Gasteiger partial charge in [-0.05, 0) is 24.8 Å². The van der Waals surface area contributed by atoms with Gasteiger partial charge >= 0.3 is 5.97 Å². The SMILES string of the molecule is COC(=O)[C@H]1NC[C@@H]2C[C@H]21. The molecule has 1 saturated heterocycles. The van der Waals surface area contributed by atoms with E-state index in [1.54, 1.807) is 0 Å². The Balaban J connectivity index is 1.98. The average Bonchev–Trinajstić information content (AvgIpc) is 2.62. The van der Waals surface area contributed by atoms with Crippen LogP contribution in [0.4, 0.5) is 0 Å². The zero-order valence-corrected chi connectivity index (χ0v) is 5.96. The number of piperidine rings is 1. The molecule has 0 spiro atoms. The molecule has 56 valence electrons. The minimum absolute atomic E-state index is 0.00926. The molecule has 0 radical (unpaired) electrons. The van der Waals surface area contributed by atoms with Gasteiger partial charge in [0.2, 0.25) is 0 Å². The monoisotopic (exact) mass is 141 g/mol. The number of hydrogen-bond donors (Lipinski definition) is 1. The highest BCUT2D eigenvalue weighted by molar-refractivity contribution is 5.77. The fourth-order valence-corrected chi connectivity index (χ4v) is 1.73. The number of carbonyl (C=O) groups is 1. The third kappa shape index (κ3) is 0.736. The van der Waals surface area contributed by atoms with Crippen LogP contribution in [-0.2, 0) is 9.53 Å². The van der Waals surface area contributed by atoms with Crippen LogP contribution in [0.5, 0.6) is 0 Å². The van der Waals surface area contributed by atoms with Crippen molar-refractivity contribution >= 4 is 5.97 Å². The number of esters is 1. The van der Waals surface area contributed by atoms with Gasteiger partial charge in [0.05, 0.1) is 7.11 Å². The molecule has 0 bridgehead atoms. The number of ether oxygens (including phenoxy) is 1. The molecule has 1 heterocycles. The highest BCUT2D eigenvalue weighted by atomic mass is 16.5. The van der Waals surface area contributed by atoms with Crippen LogP contribution in [0, 0.1) is 11.8 Å². The smallest absolute Gasteiger partial charge is 0.323 e. The maximum absolute atomic E-state index is 11.0. The van der Waals surface area contributed by atoms with Crippen molar-refractivity contribution in [3.63, 3.8) is 0 Å². The molecule has 2 fully saturated rings. The van der Waals surface area contributed by atoms with Crippen LogP contribution >= 0.6 is 0 Å². The largest absolute Gasteiger partial charge is 0.468 e. The maximum Gasteiger partial charge on any atom is 0.323 e. The molecule has 3 heteroatoms. The van der Waals surface area contributed by atoms with Crippen LogP contribution < -0.4 is 5.32 Å². The molecule has 2 aliphatic rings. The summed E-state index contributed by atoms with van der Waals surface area (Å²) >= 11 is 0. The topological polar surface area (TPSA) is 38.3 Å². The van der Waals surface area contributed by atoms with Gasteiger partial charge in [-0.2, -0.15) is 0 Å². The fourth-order valence-electron chi connectivity index (χ4n) is 1.73. The van der Waals surface area contributed by atoms with Gasteiger partial charge < -0.3 is 10.1 Å². The second-order valence-electron chi connectivity index (χ2n) is 3.07. The Labute approximate surface area is 59.7 Å². The second-order valence-corrected chi connectivity index (χ2v) is 3.07. The lowest BCUT2D eigenvalue weighted by Crippen LogP contribution is -2.35. The van der Waals surface area contributed by atoms with Crippen molar-refractivity contribution in [1.82, 2.24) is 5.32 Å². The van der Waals surface area contributed by atoms with Crippen LogP contribution in [0.25, 0.3) is 0 Å². The molecule has 1 aliphatic carbocycles. The van der Waals surface area contributed by atoms with E-state index in [0.29, 0.717) is 5.92 Å². The second kappa shape index (κ2) is 1.95. The van der Waals surface area contributed by atoms with Crippen LogP contribution in [0.3, 0.4) is 0 Å². The van der Waals surface area contributed by atoms with E-state index in [1.807, 2.05) is 0 Å². The Morgan fingerprint density at radius 2 is 2.50 bits per heavy atom. The van der Waals surface area contributed by atoms with Crippen molar-refractivity contribution < 1.29 is 9.53 Å². The molecule has 0 aromatic carbocycles. The normalized spacial score (nSPS) is 42.7. The van der Waals surface area contributed by atoms with Crippen molar-refractivity contribution in [3.05, 3.63) is 0 Å². The number of hydrogen-bond acceptors (Lipinski definition) is 3. The summed E-state index contributed by atoms with van der Waals surface area (Å²) in [7, 11) is 1.44. The molecular formula is C7H11NO2. The molecule has 0 aromatic heterocycles. The van der Waals surface area contributed by atoms with Gasteiger partial charge in [-0.3, -0.25) is 4.79 Å². The van der Waals surface area contributed by atoms with E-state index in [0.717, 1.165) is 12.5 Å². The Kier molecular flexibility index (Phi) is 1.20. The first-order chi connectivity index (χ1) is 4.83. The molecule has 0 unspecified atom stereocenters. The highest BCUT2D eigenvalue weighted by Gasteiger charge is 2.51. The lowest BCUT2D eigenvalue weighted by Gasteiger charge is -2.08. The molecule has 0 aromatic rings. The fraction of sp³-hybridized carbons (Fsp3) is 0.857. The first-order valence-corrected chi connectivity index (χ1v) is 3.64. The van der Waals surface area contributed by atoms with Gasteiger partial charge in [-0.25, -0.2) is 0 Å². The Morgan fingerprint density at radius 1 is 1.70 bits per heavy atom. The first-order valence-electron chi connectivity index (χ1n) is 3.64. The summed E-state index contributed by atoms with van der Waals surface area (Å²) in [6.45, 7) is 1.00. The lowest BCUT2D eigenvalue weighted by molar-refractivity contribution is -0.143. The number of nitrogens with one attached hydrogen (secondary N) is 1. The minimum Gasteiger partial charge on any atom is -0.468 e. The summed E-state index contributed by atoms with van der Waals surface area (Å²) in [6.07, 6.45) is 1.22. The number of fused-ring (bicyclic) bond motifs is 1. The highest BCUT2D eigenvalue weighted by Crippen LogP contribution is 2.45. The van der Waals surface area contributed by atoms with E-state index in [1.165, 1.54) is 13.5 Å². The summed E-state index contributed by atoms with van der Waals surface area (Å²) in [5.74, 6) is 1.27. The van der Waals surface area contributed by atoms with Crippen molar-refractivity contribution in [2.45, 2.75) is 12.5 Å². The van der Waals surface area contributed by atoms with Crippen LogP contribution in [0.2, 0.25) is 0 Å². The molecular weight excluding hydrogens is 130 g/mol. The third-order valence-corrected chi connectivity index (χ3v) is 2.46. The molecule has 0 amide bonds. The van der Waals surface area contributed by atoms with E-state index < -0.39 is 0 Å². The summed E-state index contributed by atoms with van der Waals surface area (Å²) in [6, 6.07) is 0.00926. The van der Waals surface area contributed by atoms with Crippen molar-refractivity contribution in [1.29, 1.82) is 0 Å². The summed E-state index contributed by atoms with van der Waals surface area (Å²) in [5, 5.41) is 3.13. The molecule has 3 nitrogen and oxygen atoms in total. The van der Waals surface area contributed by atoms with Crippen molar-refractivity contribution in [3.8, 4) is 0 Å². The van der Waals surface area contributed by atoms with E-state index in [2.05, 4.69) is 10.1 Å². The summed E-state index contributed by atoms with van der Waals surface area (Å²) in [4.78, 5) is 11.0. The maximum atomic E-state index is 11.0. The zero-order chi connectivity index (χ0) is 7.14. The van der Waals surface area contributed by atoms with Crippen molar-refractivity contribution in [2.24, 2.45) is 11.8 Å². The zero-order valence-electron chi connectivity index (χ0n) is 5.96. The van der Waals surface area contributed by atoms with E-state index in [9.17, 15) is 4.79 Å². The van der Waals surface area contributed by atoms with Gasteiger partial charge in [0, 0.05) is 0 Å². The lowest BCUT2D eigenvalue weighted by atomic mass is 10.2.